The Morgan fingerprint density at radius 1 is 0.885 bits per heavy atom. The van der Waals surface area contributed by atoms with Crippen LogP contribution in [0.5, 0.6) is 0 Å². The van der Waals surface area contributed by atoms with Crippen LogP contribution in [0.4, 0.5) is 0 Å². The number of para-hydroxylation sites is 1. The lowest BCUT2D eigenvalue weighted by atomic mass is 9.80. The second-order valence-corrected chi connectivity index (χ2v) is 7.83. The number of aromatic nitrogens is 2. The Bertz CT molecular complexity index is 883. The van der Waals surface area contributed by atoms with Gasteiger partial charge in [-0.15, -0.1) is 0 Å². The zero-order chi connectivity index (χ0) is 17.3. The molecule has 1 fully saturated rings. The monoisotopic (exact) mass is 343 g/mol. The first-order valence-corrected chi connectivity index (χ1v) is 9.75. The number of hydrogen-bond donors (Lipinski definition) is 0. The molecule has 3 nitrogen and oxygen atoms in total. The van der Waals surface area contributed by atoms with Crippen LogP contribution in [0.15, 0.2) is 67.0 Å². The predicted octanol–water partition coefficient (Wildman–Crippen LogP) is 4.25. The van der Waals surface area contributed by atoms with Gasteiger partial charge in [-0.1, -0.05) is 42.5 Å². The summed E-state index contributed by atoms with van der Waals surface area (Å²) in [4.78, 5) is 2.70. The van der Waals surface area contributed by atoms with Crippen LogP contribution in [0.25, 0.3) is 5.69 Å². The number of nitrogens with zero attached hydrogens (tertiary/aromatic N) is 3. The minimum absolute atomic E-state index is 0.660. The lowest BCUT2D eigenvalue weighted by Gasteiger charge is -2.42. The standard InChI is InChI=1S/C23H25N3/c1-2-8-22(9-3-1)26-17-19(14-24-26)16-25-15-18-10-11-23(25)13-21-7-5-4-6-20(21)12-18/h1-9,14,17-18,23H,10-13,15-16H2/t18-,23+/m1/s1. The molecule has 2 atom stereocenters. The molecule has 1 aliphatic carbocycles. The Morgan fingerprint density at radius 2 is 1.65 bits per heavy atom. The summed E-state index contributed by atoms with van der Waals surface area (Å²) in [5.74, 6) is 0.789. The largest absolute Gasteiger partial charge is 0.295 e. The molecule has 2 bridgehead atoms. The summed E-state index contributed by atoms with van der Waals surface area (Å²) in [6.45, 7) is 2.23. The quantitative estimate of drug-likeness (QED) is 0.709. The van der Waals surface area contributed by atoms with Crippen molar-refractivity contribution in [3.05, 3.63) is 83.7 Å². The highest BCUT2D eigenvalue weighted by atomic mass is 15.3. The number of hydrogen-bond acceptors (Lipinski definition) is 2. The summed E-state index contributed by atoms with van der Waals surface area (Å²) >= 11 is 0. The van der Waals surface area contributed by atoms with Crippen molar-refractivity contribution in [1.82, 2.24) is 14.7 Å². The van der Waals surface area contributed by atoms with Crippen molar-refractivity contribution in [3.63, 3.8) is 0 Å². The first kappa shape index (κ1) is 15.8. The van der Waals surface area contributed by atoms with E-state index in [-0.39, 0.29) is 0 Å². The third-order valence-electron chi connectivity index (χ3n) is 6.04. The van der Waals surface area contributed by atoms with Gasteiger partial charge in [0.2, 0.25) is 0 Å². The van der Waals surface area contributed by atoms with Gasteiger partial charge in [-0.3, -0.25) is 4.90 Å². The minimum Gasteiger partial charge on any atom is -0.295 e. The van der Waals surface area contributed by atoms with Crippen molar-refractivity contribution in [1.29, 1.82) is 0 Å². The molecule has 3 aliphatic rings. The fourth-order valence-corrected chi connectivity index (χ4v) is 4.69. The molecule has 1 saturated heterocycles. The van der Waals surface area contributed by atoms with Crippen LogP contribution in [0.3, 0.4) is 0 Å². The van der Waals surface area contributed by atoms with E-state index in [0.29, 0.717) is 6.04 Å². The zero-order valence-electron chi connectivity index (χ0n) is 15.1. The average Bonchev–Trinajstić information content (AvgIpc) is 3.12. The Balaban J connectivity index is 1.36. The number of fused-ring (bicyclic) bond motifs is 2. The van der Waals surface area contributed by atoms with Gasteiger partial charge in [0.1, 0.15) is 0 Å². The fraction of sp³-hybridized carbons (Fsp3) is 0.348. The van der Waals surface area contributed by atoms with E-state index in [0.717, 1.165) is 18.2 Å². The molecule has 0 unspecified atom stereocenters. The molecule has 3 aromatic rings. The third kappa shape index (κ3) is 3.08. The van der Waals surface area contributed by atoms with Crippen LogP contribution in [0.1, 0.15) is 29.5 Å². The summed E-state index contributed by atoms with van der Waals surface area (Å²) < 4.78 is 1.99. The Labute approximate surface area is 155 Å². The highest BCUT2D eigenvalue weighted by Gasteiger charge is 2.31. The lowest BCUT2D eigenvalue weighted by Crippen LogP contribution is -2.46. The fourth-order valence-electron chi connectivity index (χ4n) is 4.69. The van der Waals surface area contributed by atoms with Crippen molar-refractivity contribution < 1.29 is 0 Å². The summed E-state index contributed by atoms with van der Waals surface area (Å²) in [5, 5.41) is 4.58. The summed E-state index contributed by atoms with van der Waals surface area (Å²) in [6, 6.07) is 20.1. The summed E-state index contributed by atoms with van der Waals surface area (Å²) in [6.07, 6.45) is 9.35. The molecule has 0 N–H and O–H groups in total. The van der Waals surface area contributed by atoms with Crippen molar-refractivity contribution in [3.8, 4) is 5.69 Å². The molecule has 0 amide bonds. The van der Waals surface area contributed by atoms with E-state index in [9.17, 15) is 0 Å². The van der Waals surface area contributed by atoms with Crippen LogP contribution in [0.2, 0.25) is 0 Å². The Morgan fingerprint density at radius 3 is 2.50 bits per heavy atom. The minimum atomic E-state index is 0.660. The zero-order valence-corrected chi connectivity index (χ0v) is 15.1. The molecule has 2 aliphatic heterocycles. The van der Waals surface area contributed by atoms with Crippen LogP contribution in [-0.4, -0.2) is 27.3 Å². The Hall–Kier alpha value is -2.39. The molecule has 0 spiro atoms. The SMILES string of the molecule is c1ccc(-n2cc(CN3C[C@@H]4CC[C@H]3Cc3ccccc3C4)cn2)cc1. The molecule has 0 saturated carbocycles. The van der Waals surface area contributed by atoms with Gasteiger partial charge in [0, 0.05) is 30.9 Å². The smallest absolute Gasteiger partial charge is 0.0645 e. The normalized spacial score (nSPS) is 22.6. The number of rotatable bonds is 3. The van der Waals surface area contributed by atoms with Crippen molar-refractivity contribution in [2.75, 3.05) is 6.54 Å². The maximum atomic E-state index is 4.58. The second-order valence-electron chi connectivity index (χ2n) is 7.83. The first-order chi connectivity index (χ1) is 12.8. The first-order valence-electron chi connectivity index (χ1n) is 9.75. The van der Waals surface area contributed by atoms with Gasteiger partial charge in [0.05, 0.1) is 11.9 Å². The molecule has 6 rings (SSSR count). The van der Waals surface area contributed by atoms with E-state index in [1.807, 2.05) is 16.9 Å². The maximum Gasteiger partial charge on any atom is 0.0645 e. The highest BCUT2D eigenvalue weighted by Crippen LogP contribution is 2.33. The Kier molecular flexibility index (Phi) is 4.10. The average molecular weight is 343 g/mol. The maximum absolute atomic E-state index is 4.58. The van der Waals surface area contributed by atoms with Crippen molar-refractivity contribution in [2.24, 2.45) is 5.92 Å². The van der Waals surface area contributed by atoms with E-state index < -0.39 is 0 Å². The molecule has 3 heteroatoms. The number of benzene rings is 2. The van der Waals surface area contributed by atoms with Crippen LogP contribution in [0, 0.1) is 5.92 Å². The van der Waals surface area contributed by atoms with E-state index >= 15 is 0 Å². The van der Waals surface area contributed by atoms with Gasteiger partial charge in [0.25, 0.3) is 0 Å². The molecule has 26 heavy (non-hydrogen) atoms. The predicted molar refractivity (Wildman–Crippen MR) is 104 cm³/mol. The van der Waals surface area contributed by atoms with Crippen LogP contribution in [-0.2, 0) is 19.4 Å². The van der Waals surface area contributed by atoms with Gasteiger partial charge < -0.3 is 0 Å². The molecule has 2 aromatic carbocycles. The van der Waals surface area contributed by atoms with Gasteiger partial charge in [0.15, 0.2) is 0 Å². The van der Waals surface area contributed by atoms with Gasteiger partial charge >= 0.3 is 0 Å². The van der Waals surface area contributed by atoms with Gasteiger partial charge in [-0.05, 0) is 54.9 Å². The topological polar surface area (TPSA) is 21.1 Å². The molecule has 132 valence electrons. The molecular formula is C23H25N3. The van der Waals surface area contributed by atoms with Crippen LogP contribution >= 0.6 is 0 Å². The van der Waals surface area contributed by atoms with Gasteiger partial charge in [-0.2, -0.15) is 5.10 Å². The molecule has 3 heterocycles. The molecular weight excluding hydrogens is 318 g/mol. The van der Waals surface area contributed by atoms with E-state index in [4.69, 9.17) is 0 Å². The van der Waals surface area contributed by atoms with Crippen molar-refractivity contribution in [2.45, 2.75) is 38.3 Å². The third-order valence-corrected chi connectivity index (χ3v) is 6.04. The van der Waals surface area contributed by atoms with E-state index in [2.05, 4.69) is 64.7 Å². The summed E-state index contributed by atoms with van der Waals surface area (Å²) in [7, 11) is 0. The lowest BCUT2D eigenvalue weighted by molar-refractivity contribution is 0.0938. The highest BCUT2D eigenvalue weighted by molar-refractivity contribution is 5.32. The van der Waals surface area contributed by atoms with E-state index in [1.54, 1.807) is 11.1 Å². The van der Waals surface area contributed by atoms with E-state index in [1.165, 1.54) is 37.8 Å². The molecule has 1 aromatic heterocycles. The number of piperidine rings is 1. The summed E-state index contributed by atoms with van der Waals surface area (Å²) in [5.41, 5.74) is 5.58. The van der Waals surface area contributed by atoms with Crippen molar-refractivity contribution >= 4 is 0 Å². The van der Waals surface area contributed by atoms with Gasteiger partial charge in [-0.25, -0.2) is 4.68 Å². The second kappa shape index (κ2) is 6.73. The van der Waals surface area contributed by atoms with Crippen LogP contribution < -0.4 is 0 Å². The molecule has 0 radical (unpaired) electrons.